The highest BCUT2D eigenvalue weighted by atomic mass is 35.5. The van der Waals surface area contributed by atoms with Gasteiger partial charge in [-0.1, -0.05) is 44.5 Å². The molecule has 1 aliphatic carbocycles. The highest BCUT2D eigenvalue weighted by molar-refractivity contribution is 6.31. The number of rotatable bonds is 0. The molecule has 1 unspecified atom stereocenters. The maximum Gasteiger partial charge on any atom is 0.0363 e. The van der Waals surface area contributed by atoms with E-state index in [0.29, 0.717) is 5.92 Å². The van der Waals surface area contributed by atoms with Crippen molar-refractivity contribution < 1.29 is 0 Å². The number of halogens is 1. The van der Waals surface area contributed by atoms with Crippen molar-refractivity contribution in [3.63, 3.8) is 0 Å². The molecule has 1 heteroatoms. The van der Waals surface area contributed by atoms with Crippen LogP contribution in [0.5, 0.6) is 0 Å². The summed E-state index contributed by atoms with van der Waals surface area (Å²) in [6.45, 7) is 6.21. The van der Waals surface area contributed by atoms with Crippen molar-refractivity contribution in [3.05, 3.63) is 23.3 Å². The summed E-state index contributed by atoms with van der Waals surface area (Å²) in [5, 5.41) is 0.888. The molecule has 0 aromatic heterocycles. The third-order valence-electron chi connectivity index (χ3n) is 1.55. The molecule has 0 heterocycles. The van der Waals surface area contributed by atoms with Gasteiger partial charge >= 0.3 is 0 Å². The smallest absolute Gasteiger partial charge is 0.0363 e. The summed E-state index contributed by atoms with van der Waals surface area (Å²) >= 11 is 5.76. The average molecular weight is 173 g/mol. The molecule has 64 valence electrons. The lowest BCUT2D eigenvalue weighted by molar-refractivity contribution is 0.662. The molecule has 0 aromatic rings. The normalized spacial score (nSPS) is 22.9. The second kappa shape index (κ2) is 6.48. The zero-order valence-corrected chi connectivity index (χ0v) is 8.36. The summed E-state index contributed by atoms with van der Waals surface area (Å²) in [5.41, 5.74) is 0. The molecule has 0 fully saturated rings. The Labute approximate surface area is 74.9 Å². The molecule has 1 aliphatic rings. The minimum Gasteiger partial charge on any atom is -0.0847 e. The fourth-order valence-corrected chi connectivity index (χ4v) is 1.09. The van der Waals surface area contributed by atoms with Crippen molar-refractivity contribution in [2.75, 3.05) is 0 Å². The summed E-state index contributed by atoms with van der Waals surface area (Å²) in [7, 11) is 0. The summed E-state index contributed by atoms with van der Waals surface area (Å²) in [6, 6.07) is 0. The molecule has 0 saturated heterocycles. The van der Waals surface area contributed by atoms with Crippen molar-refractivity contribution in [3.8, 4) is 0 Å². The Morgan fingerprint density at radius 1 is 1.45 bits per heavy atom. The lowest BCUT2D eigenvalue weighted by Crippen LogP contribution is -1.84. The quantitative estimate of drug-likeness (QED) is 0.516. The lowest BCUT2D eigenvalue weighted by Gasteiger charge is -1.97. The van der Waals surface area contributed by atoms with Gasteiger partial charge in [-0.15, -0.1) is 0 Å². The van der Waals surface area contributed by atoms with E-state index in [1.54, 1.807) is 0 Å². The van der Waals surface area contributed by atoms with Crippen molar-refractivity contribution in [1.29, 1.82) is 0 Å². The molecule has 0 spiro atoms. The van der Waals surface area contributed by atoms with E-state index in [-0.39, 0.29) is 0 Å². The largest absolute Gasteiger partial charge is 0.0847 e. The van der Waals surface area contributed by atoms with Gasteiger partial charge in [0.2, 0.25) is 0 Å². The van der Waals surface area contributed by atoms with Crippen molar-refractivity contribution in [1.82, 2.24) is 0 Å². The van der Waals surface area contributed by atoms with E-state index in [2.05, 4.69) is 19.1 Å². The minimum absolute atomic E-state index is 0.692. The maximum atomic E-state index is 5.76. The topological polar surface area (TPSA) is 0 Å². The van der Waals surface area contributed by atoms with Crippen molar-refractivity contribution >= 4 is 11.6 Å². The van der Waals surface area contributed by atoms with Gasteiger partial charge in [0.15, 0.2) is 0 Å². The van der Waals surface area contributed by atoms with Crippen LogP contribution in [0, 0.1) is 5.92 Å². The monoisotopic (exact) mass is 172 g/mol. The molecule has 0 bridgehead atoms. The van der Waals surface area contributed by atoms with E-state index < -0.39 is 0 Å². The molecule has 0 aromatic carbocycles. The molecule has 0 radical (unpaired) electrons. The Bertz CT molecular complexity index is 145. The number of allylic oxidation sites excluding steroid dienone is 4. The fourth-order valence-electron chi connectivity index (χ4n) is 0.905. The van der Waals surface area contributed by atoms with Gasteiger partial charge in [-0.3, -0.25) is 0 Å². The molecule has 0 N–H and O–H groups in total. The maximum absolute atomic E-state index is 5.76. The third-order valence-corrected chi connectivity index (χ3v) is 1.83. The van der Waals surface area contributed by atoms with E-state index in [9.17, 15) is 0 Å². The summed E-state index contributed by atoms with van der Waals surface area (Å²) in [5.74, 6) is 0.692. The summed E-state index contributed by atoms with van der Waals surface area (Å²) in [6.07, 6.45) is 8.56. The van der Waals surface area contributed by atoms with Crippen LogP contribution < -0.4 is 0 Å². The van der Waals surface area contributed by atoms with Crippen LogP contribution in [0.25, 0.3) is 0 Å². The molecule has 0 amide bonds. The molecular weight excluding hydrogens is 156 g/mol. The number of hydrogen-bond acceptors (Lipinski definition) is 0. The molecule has 0 nitrogen and oxygen atoms in total. The number of hydrogen-bond donors (Lipinski definition) is 0. The van der Waals surface area contributed by atoms with Crippen LogP contribution in [0.1, 0.15) is 33.6 Å². The van der Waals surface area contributed by atoms with Gasteiger partial charge in [-0.05, 0) is 24.8 Å². The predicted molar refractivity (Wildman–Crippen MR) is 52.8 cm³/mol. The highest BCUT2D eigenvalue weighted by Gasteiger charge is 1.99. The van der Waals surface area contributed by atoms with Crippen LogP contribution in [0.2, 0.25) is 0 Å². The van der Waals surface area contributed by atoms with Gasteiger partial charge in [0.1, 0.15) is 0 Å². The minimum atomic E-state index is 0.692. The predicted octanol–water partition coefficient (Wildman–Crippen LogP) is 4.12. The van der Waals surface area contributed by atoms with Crippen LogP contribution in [0.3, 0.4) is 0 Å². The Balaban J connectivity index is 0.000000461. The zero-order chi connectivity index (χ0) is 8.69. The molecule has 11 heavy (non-hydrogen) atoms. The Hall–Kier alpha value is -0.230. The van der Waals surface area contributed by atoms with Gasteiger partial charge in [-0.25, -0.2) is 0 Å². The first-order valence-electron chi connectivity index (χ1n) is 4.33. The van der Waals surface area contributed by atoms with Crippen LogP contribution in [-0.2, 0) is 0 Å². The summed E-state index contributed by atoms with van der Waals surface area (Å²) < 4.78 is 0. The second-order valence-corrected chi connectivity index (χ2v) is 2.94. The van der Waals surface area contributed by atoms with Crippen LogP contribution in [-0.4, -0.2) is 0 Å². The third kappa shape index (κ3) is 5.09. The van der Waals surface area contributed by atoms with Crippen molar-refractivity contribution in [2.24, 2.45) is 5.92 Å². The van der Waals surface area contributed by atoms with Crippen LogP contribution >= 0.6 is 11.6 Å². The van der Waals surface area contributed by atoms with Gasteiger partial charge in [0, 0.05) is 5.03 Å². The first kappa shape index (κ1) is 10.8. The van der Waals surface area contributed by atoms with Crippen LogP contribution in [0.15, 0.2) is 23.3 Å². The van der Waals surface area contributed by atoms with E-state index in [1.165, 1.54) is 6.42 Å². The second-order valence-electron chi connectivity index (χ2n) is 2.50. The van der Waals surface area contributed by atoms with Gasteiger partial charge in [0.25, 0.3) is 0 Å². The van der Waals surface area contributed by atoms with Crippen molar-refractivity contribution in [2.45, 2.75) is 33.6 Å². The molecule has 0 aliphatic heterocycles. The molecule has 1 rings (SSSR count). The zero-order valence-electron chi connectivity index (χ0n) is 7.60. The summed E-state index contributed by atoms with van der Waals surface area (Å²) in [4.78, 5) is 0. The van der Waals surface area contributed by atoms with E-state index in [4.69, 9.17) is 11.6 Å². The van der Waals surface area contributed by atoms with Gasteiger partial charge in [0.05, 0.1) is 0 Å². The van der Waals surface area contributed by atoms with Gasteiger partial charge in [-0.2, -0.15) is 0 Å². The molecule has 1 atom stereocenters. The average Bonchev–Trinajstić information content (AvgIpc) is 2.20. The lowest BCUT2D eigenvalue weighted by atomic mass is 10.1. The van der Waals surface area contributed by atoms with Gasteiger partial charge < -0.3 is 0 Å². The van der Waals surface area contributed by atoms with Crippen LogP contribution in [0.4, 0.5) is 0 Å². The van der Waals surface area contributed by atoms with E-state index in [1.807, 2.05) is 19.9 Å². The Morgan fingerprint density at radius 2 is 2.09 bits per heavy atom. The first-order valence-corrected chi connectivity index (χ1v) is 4.70. The van der Waals surface area contributed by atoms with E-state index >= 15 is 0 Å². The molecule has 0 saturated carbocycles. The Kier molecular flexibility index (Phi) is 6.34. The standard InChI is InChI=1S/C8H11Cl.C2H6/c1-7-3-2-4-8(9)6-5-7;1-2/h4-7H,2-3H2,1H3;1-2H3. The molecular formula is C10H17Cl. The fraction of sp³-hybridized carbons (Fsp3) is 0.600. The Morgan fingerprint density at radius 3 is 2.73 bits per heavy atom. The highest BCUT2D eigenvalue weighted by Crippen LogP contribution is 2.17. The first-order chi connectivity index (χ1) is 5.29. The van der Waals surface area contributed by atoms with E-state index in [0.717, 1.165) is 11.5 Å². The SMILES string of the molecule is CC.CC1C=CC(Cl)=CCC1.